The summed E-state index contributed by atoms with van der Waals surface area (Å²) in [5.74, 6) is 0. The third-order valence-electron chi connectivity index (χ3n) is 2.87. The lowest BCUT2D eigenvalue weighted by molar-refractivity contribution is 1.11. The minimum Gasteiger partial charge on any atom is -0.380 e. The predicted molar refractivity (Wildman–Crippen MR) is 85.1 cm³/mol. The van der Waals surface area contributed by atoms with Gasteiger partial charge >= 0.3 is 0 Å². The Labute approximate surface area is 129 Å². The average Bonchev–Trinajstić information content (AvgIpc) is 2.39. The van der Waals surface area contributed by atoms with Crippen molar-refractivity contribution in [2.45, 2.75) is 13.5 Å². The normalized spacial score (nSPS) is 10.0. The second kappa shape index (κ2) is 6.23. The Morgan fingerprint density at radius 2 is 1.95 bits per heavy atom. The Morgan fingerprint density at radius 3 is 2.58 bits per heavy atom. The molecule has 0 heterocycles. The van der Waals surface area contributed by atoms with Crippen molar-refractivity contribution >= 4 is 37.5 Å². The van der Waals surface area contributed by atoms with Crippen LogP contribution in [-0.4, -0.2) is 0 Å². The van der Waals surface area contributed by atoms with Gasteiger partial charge in [-0.25, -0.2) is 0 Å². The van der Waals surface area contributed by atoms with Gasteiger partial charge in [-0.1, -0.05) is 22.0 Å². The average molecular weight is 380 g/mol. The Bertz CT molecular complexity index is 645. The zero-order valence-electron chi connectivity index (χ0n) is 10.4. The minimum atomic E-state index is 0.700. The third-order valence-corrected chi connectivity index (χ3v) is 4.02. The second-order valence-electron chi connectivity index (χ2n) is 4.23. The number of benzene rings is 2. The summed E-state index contributed by atoms with van der Waals surface area (Å²) in [5, 5.41) is 12.2. The molecule has 0 spiro atoms. The molecule has 0 aliphatic heterocycles. The van der Waals surface area contributed by atoms with E-state index in [1.807, 2.05) is 43.3 Å². The summed E-state index contributed by atoms with van der Waals surface area (Å²) >= 11 is 6.96. The number of nitrogens with one attached hydrogen (secondary N) is 1. The van der Waals surface area contributed by atoms with E-state index in [1.54, 1.807) is 0 Å². The van der Waals surface area contributed by atoms with Crippen molar-refractivity contribution in [1.29, 1.82) is 5.26 Å². The van der Waals surface area contributed by atoms with Crippen molar-refractivity contribution in [1.82, 2.24) is 0 Å². The van der Waals surface area contributed by atoms with E-state index in [0.29, 0.717) is 5.56 Å². The molecule has 0 unspecified atom stereocenters. The molecule has 0 aromatic heterocycles. The molecule has 2 nitrogen and oxygen atoms in total. The fraction of sp³-hybridized carbons (Fsp3) is 0.133. The number of hydrogen-bond donors (Lipinski definition) is 1. The largest absolute Gasteiger partial charge is 0.380 e. The highest BCUT2D eigenvalue weighted by Crippen LogP contribution is 2.26. The number of aryl methyl sites for hydroxylation is 1. The summed E-state index contributed by atoms with van der Waals surface area (Å²) in [4.78, 5) is 0. The zero-order chi connectivity index (χ0) is 13.8. The Hall–Kier alpha value is -1.31. The predicted octanol–water partition coefficient (Wildman–Crippen LogP) is 5.00. The van der Waals surface area contributed by atoms with Gasteiger partial charge in [-0.2, -0.15) is 5.26 Å². The fourth-order valence-electron chi connectivity index (χ4n) is 1.79. The third kappa shape index (κ3) is 3.59. The van der Waals surface area contributed by atoms with Gasteiger partial charge in [-0.3, -0.25) is 0 Å². The summed E-state index contributed by atoms with van der Waals surface area (Å²) in [7, 11) is 0. The van der Waals surface area contributed by atoms with Crippen molar-refractivity contribution in [2.24, 2.45) is 0 Å². The Morgan fingerprint density at radius 1 is 1.16 bits per heavy atom. The molecule has 0 saturated carbocycles. The van der Waals surface area contributed by atoms with Crippen molar-refractivity contribution < 1.29 is 0 Å². The van der Waals surface area contributed by atoms with Gasteiger partial charge < -0.3 is 5.32 Å². The SMILES string of the molecule is Cc1cc(C#N)ccc1CNc1ccc(Br)cc1Br. The maximum atomic E-state index is 8.85. The molecule has 0 radical (unpaired) electrons. The molecule has 19 heavy (non-hydrogen) atoms. The van der Waals surface area contributed by atoms with Gasteiger partial charge in [-0.05, 0) is 64.3 Å². The van der Waals surface area contributed by atoms with E-state index in [1.165, 1.54) is 5.56 Å². The van der Waals surface area contributed by atoms with Crippen LogP contribution in [0.2, 0.25) is 0 Å². The molecule has 0 aliphatic rings. The summed E-state index contributed by atoms with van der Waals surface area (Å²) in [6.07, 6.45) is 0. The lowest BCUT2D eigenvalue weighted by Crippen LogP contribution is -2.02. The molecular weight excluding hydrogens is 368 g/mol. The van der Waals surface area contributed by atoms with Crippen molar-refractivity contribution in [3.63, 3.8) is 0 Å². The van der Waals surface area contributed by atoms with E-state index >= 15 is 0 Å². The van der Waals surface area contributed by atoms with Crippen LogP contribution >= 0.6 is 31.9 Å². The molecule has 2 aromatic rings. The molecule has 0 aliphatic carbocycles. The number of nitriles is 1. The highest BCUT2D eigenvalue weighted by atomic mass is 79.9. The quantitative estimate of drug-likeness (QED) is 0.813. The Balaban J connectivity index is 2.13. The first-order valence-corrected chi connectivity index (χ1v) is 7.37. The van der Waals surface area contributed by atoms with E-state index in [0.717, 1.165) is 26.7 Å². The molecule has 0 saturated heterocycles. The van der Waals surface area contributed by atoms with Crippen LogP contribution in [0.5, 0.6) is 0 Å². The van der Waals surface area contributed by atoms with Gasteiger partial charge in [-0.15, -0.1) is 0 Å². The molecule has 0 bridgehead atoms. The molecule has 4 heteroatoms. The van der Waals surface area contributed by atoms with Crippen LogP contribution in [0.4, 0.5) is 5.69 Å². The smallest absolute Gasteiger partial charge is 0.0991 e. The first-order valence-electron chi connectivity index (χ1n) is 5.78. The summed E-state index contributed by atoms with van der Waals surface area (Å²) in [6, 6.07) is 13.9. The van der Waals surface area contributed by atoms with Crippen molar-refractivity contribution in [2.75, 3.05) is 5.32 Å². The van der Waals surface area contributed by atoms with Crippen molar-refractivity contribution in [3.8, 4) is 6.07 Å². The summed E-state index contributed by atoms with van der Waals surface area (Å²) in [6.45, 7) is 2.76. The Kier molecular flexibility index (Phi) is 4.62. The monoisotopic (exact) mass is 378 g/mol. The number of halogens is 2. The number of nitrogens with zero attached hydrogens (tertiary/aromatic N) is 1. The standard InChI is InChI=1S/C15H12Br2N2/c1-10-6-11(8-18)2-3-12(10)9-19-15-5-4-13(16)7-14(15)17/h2-7,19H,9H2,1H3. The van der Waals surface area contributed by atoms with Crippen LogP contribution in [-0.2, 0) is 6.54 Å². The van der Waals surface area contributed by atoms with Gasteiger partial charge in [0.25, 0.3) is 0 Å². The van der Waals surface area contributed by atoms with Gasteiger partial charge in [0.2, 0.25) is 0 Å². The van der Waals surface area contributed by atoms with E-state index in [2.05, 4.69) is 43.2 Å². The van der Waals surface area contributed by atoms with Crippen LogP contribution in [0.25, 0.3) is 0 Å². The first kappa shape index (κ1) is 14.1. The molecular formula is C15H12Br2N2. The number of hydrogen-bond acceptors (Lipinski definition) is 2. The van der Waals surface area contributed by atoms with E-state index in [-0.39, 0.29) is 0 Å². The number of rotatable bonds is 3. The highest BCUT2D eigenvalue weighted by molar-refractivity contribution is 9.11. The molecule has 0 fully saturated rings. The van der Waals surface area contributed by atoms with E-state index in [4.69, 9.17) is 5.26 Å². The molecule has 2 rings (SSSR count). The van der Waals surface area contributed by atoms with Crippen molar-refractivity contribution in [3.05, 3.63) is 62.0 Å². The van der Waals surface area contributed by atoms with Crippen LogP contribution < -0.4 is 5.32 Å². The zero-order valence-corrected chi connectivity index (χ0v) is 13.5. The first-order chi connectivity index (χ1) is 9.10. The van der Waals surface area contributed by atoms with Gasteiger partial charge in [0.15, 0.2) is 0 Å². The van der Waals surface area contributed by atoms with Crippen LogP contribution in [0.1, 0.15) is 16.7 Å². The summed E-state index contributed by atoms with van der Waals surface area (Å²) in [5.41, 5.74) is 4.06. The highest BCUT2D eigenvalue weighted by Gasteiger charge is 2.03. The molecule has 96 valence electrons. The molecule has 0 atom stereocenters. The minimum absolute atomic E-state index is 0.700. The fourth-order valence-corrected chi connectivity index (χ4v) is 2.97. The lowest BCUT2D eigenvalue weighted by atomic mass is 10.1. The van der Waals surface area contributed by atoms with Crippen LogP contribution in [0.3, 0.4) is 0 Å². The lowest BCUT2D eigenvalue weighted by Gasteiger charge is -2.11. The van der Waals surface area contributed by atoms with E-state index in [9.17, 15) is 0 Å². The number of anilines is 1. The van der Waals surface area contributed by atoms with E-state index < -0.39 is 0 Å². The van der Waals surface area contributed by atoms with Crippen LogP contribution in [0, 0.1) is 18.3 Å². The summed E-state index contributed by atoms with van der Waals surface area (Å²) < 4.78 is 2.06. The molecule has 0 amide bonds. The molecule has 2 aromatic carbocycles. The van der Waals surface area contributed by atoms with Gasteiger partial charge in [0, 0.05) is 21.2 Å². The van der Waals surface area contributed by atoms with Crippen LogP contribution in [0.15, 0.2) is 45.3 Å². The van der Waals surface area contributed by atoms with Gasteiger partial charge in [0.05, 0.1) is 11.6 Å². The van der Waals surface area contributed by atoms with Gasteiger partial charge in [0.1, 0.15) is 0 Å². The topological polar surface area (TPSA) is 35.8 Å². The maximum absolute atomic E-state index is 8.85. The second-order valence-corrected chi connectivity index (χ2v) is 6.00. The molecule has 1 N–H and O–H groups in total. The maximum Gasteiger partial charge on any atom is 0.0991 e.